The Hall–Kier alpha value is -2.47. The van der Waals surface area contributed by atoms with Gasteiger partial charge in [-0.3, -0.25) is 9.59 Å². The van der Waals surface area contributed by atoms with E-state index in [0.29, 0.717) is 11.3 Å². The number of hydrogen-bond donors (Lipinski definition) is 2. The number of carboxylic acid groups (broad SMARTS) is 1. The van der Waals surface area contributed by atoms with Gasteiger partial charge in [0.15, 0.2) is 5.78 Å². The number of rotatable bonds is 6. The van der Waals surface area contributed by atoms with E-state index in [1.807, 2.05) is 6.07 Å². The van der Waals surface area contributed by atoms with E-state index in [1.165, 1.54) is 6.33 Å². The maximum absolute atomic E-state index is 12.0. The first-order valence-electron chi connectivity index (χ1n) is 6.13. The van der Waals surface area contributed by atoms with Gasteiger partial charge in [0.05, 0.1) is 18.6 Å². The van der Waals surface area contributed by atoms with E-state index in [0.717, 1.165) is 0 Å². The van der Waals surface area contributed by atoms with Crippen LogP contribution in [0.5, 0.6) is 0 Å². The minimum Gasteiger partial charge on any atom is -0.480 e. The molecule has 1 heterocycles. The number of carbonyl (C=O) groups is 2. The first-order chi connectivity index (χ1) is 9.56. The van der Waals surface area contributed by atoms with Crippen molar-refractivity contribution in [3.8, 4) is 0 Å². The largest absolute Gasteiger partial charge is 0.480 e. The third kappa shape index (κ3) is 3.52. The Labute approximate surface area is 115 Å². The van der Waals surface area contributed by atoms with E-state index < -0.39 is 12.0 Å². The molecule has 0 aliphatic heterocycles. The molecule has 2 aromatic rings. The van der Waals surface area contributed by atoms with Crippen LogP contribution in [-0.2, 0) is 17.8 Å². The molecular weight excluding hydrogens is 258 g/mol. The molecule has 0 radical (unpaired) electrons. The van der Waals surface area contributed by atoms with Gasteiger partial charge in [-0.1, -0.05) is 30.3 Å². The Bertz CT molecular complexity index is 607. The molecule has 1 aromatic heterocycles. The zero-order chi connectivity index (χ0) is 14.5. The van der Waals surface area contributed by atoms with Gasteiger partial charge in [0.25, 0.3) is 0 Å². The molecular formula is C14H15N3O3. The Morgan fingerprint density at radius 2 is 2.00 bits per heavy atom. The molecule has 6 nitrogen and oxygen atoms in total. The number of carboxylic acids is 1. The highest BCUT2D eigenvalue weighted by Gasteiger charge is 2.14. The molecule has 1 atom stereocenters. The molecule has 6 heteroatoms. The van der Waals surface area contributed by atoms with Crippen LogP contribution in [0.4, 0.5) is 0 Å². The fourth-order valence-electron chi connectivity index (χ4n) is 1.79. The predicted molar refractivity (Wildman–Crippen MR) is 72.3 cm³/mol. The van der Waals surface area contributed by atoms with Crippen molar-refractivity contribution in [3.05, 3.63) is 54.1 Å². The summed E-state index contributed by atoms with van der Waals surface area (Å²) in [5, 5.41) is 8.73. The minimum atomic E-state index is -1.07. The van der Waals surface area contributed by atoms with Crippen molar-refractivity contribution in [1.29, 1.82) is 0 Å². The van der Waals surface area contributed by atoms with Gasteiger partial charge in [-0.2, -0.15) is 0 Å². The van der Waals surface area contributed by atoms with E-state index in [1.54, 1.807) is 35.0 Å². The lowest BCUT2D eigenvalue weighted by atomic mass is 10.1. The lowest BCUT2D eigenvalue weighted by Gasteiger charge is -2.03. The molecule has 0 saturated heterocycles. The van der Waals surface area contributed by atoms with Crippen LogP contribution in [0, 0.1) is 0 Å². The number of aromatic nitrogens is 2. The molecule has 104 valence electrons. The lowest BCUT2D eigenvalue weighted by molar-refractivity contribution is -0.138. The smallest absolute Gasteiger partial charge is 0.320 e. The first-order valence-corrected chi connectivity index (χ1v) is 6.13. The van der Waals surface area contributed by atoms with Crippen LogP contribution in [0.1, 0.15) is 16.1 Å². The van der Waals surface area contributed by atoms with Crippen molar-refractivity contribution < 1.29 is 14.7 Å². The quantitative estimate of drug-likeness (QED) is 0.756. The number of nitrogens with two attached hydrogens (primary N) is 1. The molecule has 0 fully saturated rings. The van der Waals surface area contributed by atoms with Crippen molar-refractivity contribution >= 4 is 11.8 Å². The number of hydrogen-bond acceptors (Lipinski definition) is 4. The van der Waals surface area contributed by atoms with E-state index in [2.05, 4.69) is 4.98 Å². The van der Waals surface area contributed by atoms with Gasteiger partial charge in [0.1, 0.15) is 6.04 Å². The predicted octanol–water partition coefficient (Wildman–Crippen LogP) is 0.720. The van der Waals surface area contributed by atoms with Crippen molar-refractivity contribution in [1.82, 2.24) is 9.55 Å². The zero-order valence-electron chi connectivity index (χ0n) is 10.8. The van der Waals surface area contributed by atoms with E-state index in [-0.39, 0.29) is 18.7 Å². The highest BCUT2D eigenvalue weighted by atomic mass is 16.4. The summed E-state index contributed by atoms with van der Waals surface area (Å²) in [6.45, 7) is 0.166. The summed E-state index contributed by atoms with van der Waals surface area (Å²) in [5.41, 5.74) is 6.62. The number of imidazole rings is 1. The second-order valence-corrected chi connectivity index (χ2v) is 4.48. The Balaban J connectivity index is 1.99. The molecule has 0 aliphatic rings. The molecule has 3 N–H and O–H groups in total. The summed E-state index contributed by atoms with van der Waals surface area (Å²) in [6, 6.07) is 7.97. The minimum absolute atomic E-state index is 0.0305. The molecule has 0 unspecified atom stereocenters. The second kappa shape index (κ2) is 6.12. The third-order valence-electron chi connectivity index (χ3n) is 2.85. The normalized spacial score (nSPS) is 12.1. The fourth-order valence-corrected chi connectivity index (χ4v) is 1.79. The van der Waals surface area contributed by atoms with Gasteiger partial charge in [0.2, 0.25) is 0 Å². The van der Waals surface area contributed by atoms with Gasteiger partial charge in [0, 0.05) is 18.2 Å². The molecule has 0 aliphatic carbocycles. The van der Waals surface area contributed by atoms with Gasteiger partial charge in [-0.25, -0.2) is 4.98 Å². The Morgan fingerprint density at radius 1 is 1.30 bits per heavy atom. The molecule has 0 amide bonds. The molecule has 2 rings (SSSR count). The lowest BCUT2D eigenvalue weighted by Crippen LogP contribution is -2.32. The summed E-state index contributed by atoms with van der Waals surface area (Å²) in [7, 11) is 0. The molecule has 0 saturated carbocycles. The highest BCUT2D eigenvalue weighted by molar-refractivity contribution is 5.95. The zero-order valence-corrected chi connectivity index (χ0v) is 10.8. The van der Waals surface area contributed by atoms with Crippen molar-refractivity contribution in [2.45, 2.75) is 19.0 Å². The number of Topliss-reactive ketones (excluding diaryl/α,β-unsaturated/α-hetero) is 1. The second-order valence-electron chi connectivity index (χ2n) is 4.48. The number of aliphatic carboxylic acids is 1. The summed E-state index contributed by atoms with van der Waals surface area (Å²) in [4.78, 5) is 26.7. The number of benzene rings is 1. The van der Waals surface area contributed by atoms with E-state index >= 15 is 0 Å². The summed E-state index contributed by atoms with van der Waals surface area (Å²) < 4.78 is 1.62. The van der Waals surface area contributed by atoms with Crippen LogP contribution >= 0.6 is 0 Å². The van der Waals surface area contributed by atoms with Crippen LogP contribution in [0.2, 0.25) is 0 Å². The number of ketones is 1. The summed E-state index contributed by atoms with van der Waals surface area (Å²) >= 11 is 0. The Kier molecular flexibility index (Phi) is 4.27. The average Bonchev–Trinajstić information content (AvgIpc) is 2.86. The highest BCUT2D eigenvalue weighted by Crippen LogP contribution is 2.05. The van der Waals surface area contributed by atoms with E-state index in [9.17, 15) is 9.59 Å². The molecule has 0 bridgehead atoms. The maximum Gasteiger partial charge on any atom is 0.320 e. The van der Waals surface area contributed by atoms with Crippen molar-refractivity contribution in [3.63, 3.8) is 0 Å². The number of carbonyl (C=O) groups excluding carboxylic acids is 1. The SMILES string of the molecule is N[C@@H](Cc1cn(CC(=O)c2ccccc2)cn1)C(=O)O. The van der Waals surface area contributed by atoms with Gasteiger partial charge >= 0.3 is 5.97 Å². The fraction of sp³-hybridized carbons (Fsp3) is 0.214. The van der Waals surface area contributed by atoms with Crippen LogP contribution in [0.15, 0.2) is 42.9 Å². The first kappa shape index (κ1) is 14.0. The van der Waals surface area contributed by atoms with Crippen molar-refractivity contribution in [2.75, 3.05) is 0 Å². The monoisotopic (exact) mass is 273 g/mol. The van der Waals surface area contributed by atoms with Crippen LogP contribution < -0.4 is 5.73 Å². The maximum atomic E-state index is 12.0. The standard InChI is InChI=1S/C14H15N3O3/c15-12(14(19)20)6-11-7-17(9-16-11)8-13(18)10-4-2-1-3-5-10/h1-5,7,9,12H,6,8,15H2,(H,19,20)/t12-/m0/s1. The van der Waals surface area contributed by atoms with Crippen LogP contribution in [0.3, 0.4) is 0 Å². The Morgan fingerprint density at radius 3 is 2.65 bits per heavy atom. The average molecular weight is 273 g/mol. The van der Waals surface area contributed by atoms with Crippen LogP contribution in [0.25, 0.3) is 0 Å². The number of nitrogens with zero attached hydrogens (tertiary/aromatic N) is 2. The summed E-state index contributed by atoms with van der Waals surface area (Å²) in [5.74, 6) is -1.10. The van der Waals surface area contributed by atoms with Gasteiger partial charge in [-0.05, 0) is 0 Å². The van der Waals surface area contributed by atoms with Crippen LogP contribution in [-0.4, -0.2) is 32.5 Å². The topological polar surface area (TPSA) is 98.2 Å². The summed E-state index contributed by atoms with van der Waals surface area (Å²) in [6.07, 6.45) is 3.29. The molecule has 1 aromatic carbocycles. The third-order valence-corrected chi connectivity index (χ3v) is 2.85. The molecule has 0 spiro atoms. The van der Waals surface area contributed by atoms with Crippen molar-refractivity contribution in [2.24, 2.45) is 5.73 Å². The van der Waals surface area contributed by atoms with Gasteiger partial charge < -0.3 is 15.4 Å². The van der Waals surface area contributed by atoms with E-state index in [4.69, 9.17) is 10.8 Å². The van der Waals surface area contributed by atoms with Gasteiger partial charge in [-0.15, -0.1) is 0 Å². The molecule has 20 heavy (non-hydrogen) atoms.